The van der Waals surface area contributed by atoms with E-state index in [1.54, 1.807) is 49.4 Å². The number of nitrogens with one attached hydrogen (secondary N) is 1. The van der Waals surface area contributed by atoms with Gasteiger partial charge < -0.3 is 19.9 Å². The molecule has 0 saturated heterocycles. The summed E-state index contributed by atoms with van der Waals surface area (Å²) in [5.41, 5.74) is -0.594. The van der Waals surface area contributed by atoms with E-state index >= 15 is 0 Å². The van der Waals surface area contributed by atoms with Gasteiger partial charge in [-0.25, -0.2) is 19.0 Å². The molecular formula is C26H32Cl2N4O6. The summed E-state index contributed by atoms with van der Waals surface area (Å²) in [6.07, 6.45) is -1.79. The summed E-state index contributed by atoms with van der Waals surface area (Å²) in [6.45, 7) is 8.76. The Bertz CT molecular complexity index is 1340. The van der Waals surface area contributed by atoms with Gasteiger partial charge in [0.2, 0.25) is 5.95 Å². The third kappa shape index (κ3) is 8.34. The van der Waals surface area contributed by atoms with Gasteiger partial charge in [0.05, 0.1) is 30.8 Å². The lowest BCUT2D eigenvalue weighted by molar-refractivity contribution is -0.153. The van der Waals surface area contributed by atoms with E-state index in [0.717, 1.165) is 0 Å². The van der Waals surface area contributed by atoms with Crippen LogP contribution in [0.15, 0.2) is 52.1 Å². The molecule has 38 heavy (non-hydrogen) atoms. The highest BCUT2D eigenvalue weighted by Gasteiger charge is 2.22. The third-order valence-corrected chi connectivity index (χ3v) is 5.42. The number of nitrogens with zero attached hydrogens (tertiary/aromatic N) is 3. The number of aromatic nitrogens is 3. The molecule has 0 aliphatic carbocycles. The second kappa shape index (κ2) is 14.6. The first-order valence-corrected chi connectivity index (χ1v) is 12.9. The molecule has 206 valence electrons. The molecular weight excluding hydrogens is 535 g/mol. The van der Waals surface area contributed by atoms with E-state index < -0.39 is 30.0 Å². The van der Waals surface area contributed by atoms with Crippen molar-refractivity contribution < 1.29 is 19.4 Å². The summed E-state index contributed by atoms with van der Waals surface area (Å²) in [5, 5.41) is 13.9. The fourth-order valence-corrected chi connectivity index (χ4v) is 3.59. The Kier molecular flexibility index (Phi) is 11.8. The van der Waals surface area contributed by atoms with Crippen molar-refractivity contribution in [3.63, 3.8) is 0 Å². The van der Waals surface area contributed by atoms with E-state index in [0.29, 0.717) is 31.6 Å². The van der Waals surface area contributed by atoms with Crippen molar-refractivity contribution in [1.82, 2.24) is 14.1 Å². The molecule has 10 nitrogen and oxygen atoms in total. The summed E-state index contributed by atoms with van der Waals surface area (Å²) in [6, 6.07) is 11.7. The average molecular weight is 567 g/mol. The van der Waals surface area contributed by atoms with Gasteiger partial charge in [-0.05, 0) is 56.7 Å². The number of aliphatic hydroxyl groups is 1. The summed E-state index contributed by atoms with van der Waals surface area (Å²) in [5.74, 6) is -0.531. The number of halogens is 2. The molecule has 12 heteroatoms. The highest BCUT2D eigenvalue weighted by molar-refractivity contribution is 6.32. The third-order valence-electron chi connectivity index (χ3n) is 4.87. The summed E-state index contributed by atoms with van der Waals surface area (Å²) >= 11 is 12.3. The van der Waals surface area contributed by atoms with Gasteiger partial charge in [-0.3, -0.25) is 4.57 Å². The zero-order valence-electron chi connectivity index (χ0n) is 21.9. The van der Waals surface area contributed by atoms with Crippen molar-refractivity contribution in [2.75, 3.05) is 11.9 Å². The Morgan fingerprint density at radius 3 is 2.32 bits per heavy atom. The number of ether oxygens (including phenoxy) is 2. The molecule has 2 aromatic carbocycles. The first-order chi connectivity index (χ1) is 18.1. The highest BCUT2D eigenvalue weighted by Crippen LogP contribution is 2.29. The summed E-state index contributed by atoms with van der Waals surface area (Å²) in [7, 11) is 0. The molecule has 1 atom stereocenters. The maximum Gasteiger partial charge on any atom is 0.355 e. The largest absolute Gasteiger partial charge is 0.489 e. The van der Waals surface area contributed by atoms with Crippen molar-refractivity contribution >= 4 is 40.8 Å². The first kappa shape index (κ1) is 30.9. The second-order valence-electron chi connectivity index (χ2n) is 8.03. The number of rotatable bonds is 10. The maximum absolute atomic E-state index is 13.3. The Morgan fingerprint density at radius 1 is 1.08 bits per heavy atom. The molecule has 0 bridgehead atoms. The van der Waals surface area contributed by atoms with Crippen LogP contribution in [0, 0.1) is 0 Å². The Balaban J connectivity index is 0.00000247. The summed E-state index contributed by atoms with van der Waals surface area (Å²) < 4.78 is 12.3. The standard InChI is InChI=1S/C24H26Cl2N4O6.C2H6/c1-4-35-21(32)19(31)13-30-23(33)28-22(27-17-9-10-20(18(26)11-17)36-14(2)3)29(24(30)34)12-15-5-7-16(25)8-6-15;1-2/h5-11,14,19,31H,4,12-13H2,1-3H3,(H,27,28,33);1-2H3. The molecule has 0 fully saturated rings. The lowest BCUT2D eigenvalue weighted by Crippen LogP contribution is -2.46. The van der Waals surface area contributed by atoms with Crippen LogP contribution in [-0.2, 0) is 22.6 Å². The van der Waals surface area contributed by atoms with Gasteiger partial charge in [-0.2, -0.15) is 4.98 Å². The number of benzene rings is 2. The van der Waals surface area contributed by atoms with E-state index in [-0.39, 0.29) is 25.2 Å². The molecule has 1 unspecified atom stereocenters. The molecule has 0 spiro atoms. The molecule has 3 aromatic rings. The number of hydrogen-bond acceptors (Lipinski definition) is 8. The number of carbonyl (C=O) groups is 1. The van der Waals surface area contributed by atoms with Crippen molar-refractivity contribution in [1.29, 1.82) is 0 Å². The van der Waals surface area contributed by atoms with Crippen LogP contribution in [0.1, 0.15) is 40.2 Å². The fraction of sp³-hybridized carbons (Fsp3) is 0.385. The van der Waals surface area contributed by atoms with Crippen LogP contribution in [0.3, 0.4) is 0 Å². The van der Waals surface area contributed by atoms with Gasteiger partial charge in [-0.1, -0.05) is 49.2 Å². The van der Waals surface area contributed by atoms with E-state index in [4.69, 9.17) is 32.7 Å². The minimum Gasteiger partial charge on any atom is -0.489 e. The molecule has 1 aromatic heterocycles. The zero-order valence-corrected chi connectivity index (χ0v) is 23.4. The molecule has 1 heterocycles. The van der Waals surface area contributed by atoms with Gasteiger partial charge in [0.15, 0.2) is 6.10 Å². The van der Waals surface area contributed by atoms with Gasteiger partial charge >= 0.3 is 17.3 Å². The lowest BCUT2D eigenvalue weighted by Gasteiger charge is -2.17. The SMILES string of the molecule is CC.CCOC(=O)C(O)Cn1c(=O)nc(Nc2ccc(OC(C)C)c(Cl)c2)n(Cc2ccc(Cl)cc2)c1=O. The smallest absolute Gasteiger partial charge is 0.355 e. The van der Waals surface area contributed by atoms with E-state index in [1.165, 1.54) is 4.57 Å². The van der Waals surface area contributed by atoms with E-state index in [2.05, 4.69) is 10.3 Å². The topological polar surface area (TPSA) is 125 Å². The highest BCUT2D eigenvalue weighted by atomic mass is 35.5. The number of carbonyl (C=O) groups excluding carboxylic acids is 1. The predicted molar refractivity (Wildman–Crippen MR) is 148 cm³/mol. The van der Waals surface area contributed by atoms with Gasteiger partial charge in [0.25, 0.3) is 0 Å². The predicted octanol–water partition coefficient (Wildman–Crippen LogP) is 4.24. The van der Waals surface area contributed by atoms with E-state index in [1.807, 2.05) is 27.7 Å². The van der Waals surface area contributed by atoms with Crippen LogP contribution in [0.5, 0.6) is 5.75 Å². The van der Waals surface area contributed by atoms with Gasteiger partial charge in [0.1, 0.15) is 5.75 Å². The Labute approximate surface area is 230 Å². The van der Waals surface area contributed by atoms with Crippen LogP contribution >= 0.6 is 23.2 Å². The zero-order chi connectivity index (χ0) is 28.4. The Hall–Kier alpha value is -3.34. The summed E-state index contributed by atoms with van der Waals surface area (Å²) in [4.78, 5) is 41.9. The minimum atomic E-state index is -1.72. The minimum absolute atomic E-state index is 0.0173. The van der Waals surface area contributed by atoms with Crippen LogP contribution in [0.25, 0.3) is 0 Å². The van der Waals surface area contributed by atoms with Crippen molar-refractivity contribution in [3.8, 4) is 5.75 Å². The van der Waals surface area contributed by atoms with Crippen LogP contribution < -0.4 is 21.4 Å². The molecule has 0 aliphatic heterocycles. The quantitative estimate of drug-likeness (QED) is 0.349. The fourth-order valence-electron chi connectivity index (χ4n) is 3.24. The molecule has 2 N–H and O–H groups in total. The first-order valence-electron chi connectivity index (χ1n) is 12.1. The molecule has 3 rings (SSSR count). The maximum atomic E-state index is 13.3. The van der Waals surface area contributed by atoms with Crippen molar-refractivity contribution in [2.45, 2.75) is 59.9 Å². The van der Waals surface area contributed by atoms with Crippen LogP contribution in [-0.4, -0.2) is 44.0 Å². The number of anilines is 2. The monoisotopic (exact) mass is 566 g/mol. The van der Waals surface area contributed by atoms with Crippen LogP contribution in [0.2, 0.25) is 10.0 Å². The van der Waals surface area contributed by atoms with Gasteiger partial charge in [-0.15, -0.1) is 0 Å². The molecule has 0 saturated carbocycles. The second-order valence-corrected chi connectivity index (χ2v) is 8.87. The number of hydrogen-bond donors (Lipinski definition) is 2. The van der Waals surface area contributed by atoms with Crippen LogP contribution in [0.4, 0.5) is 11.6 Å². The molecule has 0 amide bonds. The lowest BCUT2D eigenvalue weighted by atomic mass is 10.2. The normalized spacial score (nSPS) is 11.4. The van der Waals surface area contributed by atoms with E-state index in [9.17, 15) is 19.5 Å². The number of aliphatic hydroxyl groups excluding tert-OH is 1. The number of esters is 1. The Morgan fingerprint density at radius 2 is 1.74 bits per heavy atom. The average Bonchev–Trinajstić information content (AvgIpc) is 2.88. The molecule has 0 aliphatic rings. The van der Waals surface area contributed by atoms with Crippen molar-refractivity contribution in [3.05, 3.63) is 79.0 Å². The molecule has 0 radical (unpaired) electrons. The van der Waals surface area contributed by atoms with Crippen molar-refractivity contribution in [2.24, 2.45) is 0 Å². The van der Waals surface area contributed by atoms with Gasteiger partial charge in [0, 0.05) is 10.7 Å².